The van der Waals surface area contributed by atoms with E-state index >= 15 is 0 Å². The van der Waals surface area contributed by atoms with Gasteiger partial charge in [0.15, 0.2) is 0 Å². The molecule has 0 atom stereocenters. The van der Waals surface area contributed by atoms with E-state index in [2.05, 4.69) is 9.97 Å². The van der Waals surface area contributed by atoms with Crippen LogP contribution in [-0.2, 0) is 0 Å². The molecular weight excluding hydrogens is 258 g/mol. The second kappa shape index (κ2) is 4.78. The van der Waals surface area contributed by atoms with E-state index in [4.69, 9.17) is 17.3 Å². The van der Waals surface area contributed by atoms with Gasteiger partial charge in [-0.2, -0.15) is 0 Å². The number of nitrogens with one attached hydrogen (secondary N) is 1. The van der Waals surface area contributed by atoms with Crippen LogP contribution in [0.1, 0.15) is 11.4 Å². The molecular formula is C15H12ClN3. The summed E-state index contributed by atoms with van der Waals surface area (Å²) in [6.45, 7) is 0. The molecule has 0 amide bonds. The summed E-state index contributed by atoms with van der Waals surface area (Å²) >= 11 is 6.13. The van der Waals surface area contributed by atoms with Crippen LogP contribution in [0.5, 0.6) is 0 Å². The van der Waals surface area contributed by atoms with Gasteiger partial charge in [0.25, 0.3) is 0 Å². The molecule has 1 aromatic heterocycles. The normalized spacial score (nSPS) is 11.4. The number of aromatic amines is 1. The number of aromatic nitrogens is 2. The highest BCUT2D eigenvalue weighted by Gasteiger charge is 2.01. The number of nitrogen functional groups attached to an aromatic ring is 1. The second-order valence-electron chi connectivity index (χ2n) is 4.22. The lowest BCUT2D eigenvalue weighted by atomic mass is 10.2. The molecule has 3 aromatic rings. The summed E-state index contributed by atoms with van der Waals surface area (Å²) in [4.78, 5) is 7.69. The van der Waals surface area contributed by atoms with Crippen LogP contribution in [0.15, 0.2) is 42.5 Å². The third-order valence-corrected chi connectivity index (χ3v) is 3.32. The zero-order valence-corrected chi connectivity index (χ0v) is 10.9. The van der Waals surface area contributed by atoms with E-state index in [1.54, 1.807) is 6.07 Å². The molecule has 3 nitrogen and oxygen atoms in total. The van der Waals surface area contributed by atoms with Crippen molar-refractivity contribution >= 4 is 40.5 Å². The van der Waals surface area contributed by atoms with E-state index in [1.807, 2.05) is 48.6 Å². The van der Waals surface area contributed by atoms with Crippen molar-refractivity contribution < 1.29 is 0 Å². The third kappa shape index (κ3) is 2.33. The van der Waals surface area contributed by atoms with Crippen LogP contribution in [0.2, 0.25) is 5.02 Å². The average molecular weight is 270 g/mol. The smallest absolute Gasteiger partial charge is 0.131 e. The summed E-state index contributed by atoms with van der Waals surface area (Å²) in [7, 11) is 0. The first kappa shape index (κ1) is 11.8. The first-order valence-electron chi connectivity index (χ1n) is 5.91. The minimum Gasteiger partial charge on any atom is -0.398 e. The molecule has 3 rings (SSSR count). The van der Waals surface area contributed by atoms with Gasteiger partial charge in [-0.25, -0.2) is 4.98 Å². The minimum absolute atomic E-state index is 0.565. The van der Waals surface area contributed by atoms with Gasteiger partial charge in [-0.3, -0.25) is 0 Å². The third-order valence-electron chi connectivity index (χ3n) is 2.89. The summed E-state index contributed by atoms with van der Waals surface area (Å²) in [5.41, 5.74) is 9.18. The molecule has 0 aliphatic heterocycles. The Hall–Kier alpha value is -2.26. The number of rotatable bonds is 2. The van der Waals surface area contributed by atoms with Crippen molar-refractivity contribution in [1.82, 2.24) is 9.97 Å². The lowest BCUT2D eigenvalue weighted by Gasteiger charge is -2.00. The Labute approximate surface area is 115 Å². The number of hydrogen-bond acceptors (Lipinski definition) is 2. The van der Waals surface area contributed by atoms with Crippen LogP contribution in [-0.4, -0.2) is 9.97 Å². The summed E-state index contributed by atoms with van der Waals surface area (Å²) < 4.78 is 0. The predicted molar refractivity (Wildman–Crippen MR) is 80.9 cm³/mol. The number of H-pyrrole nitrogens is 1. The van der Waals surface area contributed by atoms with Gasteiger partial charge in [-0.15, -0.1) is 0 Å². The van der Waals surface area contributed by atoms with E-state index in [0.717, 1.165) is 22.4 Å². The molecule has 3 N–H and O–H groups in total. The molecule has 0 aliphatic carbocycles. The molecule has 0 radical (unpaired) electrons. The Morgan fingerprint density at radius 2 is 1.89 bits per heavy atom. The SMILES string of the molecule is Nc1cccc(C=Cc2nc3ccccc3[nH]2)c1Cl. The van der Waals surface area contributed by atoms with Gasteiger partial charge in [0.05, 0.1) is 21.7 Å². The summed E-state index contributed by atoms with van der Waals surface area (Å²) in [5, 5.41) is 0.565. The number of benzene rings is 2. The Bertz CT molecular complexity index is 726. The molecule has 2 aromatic carbocycles. The molecule has 0 bridgehead atoms. The van der Waals surface area contributed by atoms with Crippen LogP contribution in [0.4, 0.5) is 5.69 Å². The molecule has 94 valence electrons. The van der Waals surface area contributed by atoms with E-state index < -0.39 is 0 Å². The van der Waals surface area contributed by atoms with Crippen LogP contribution in [0.25, 0.3) is 23.2 Å². The maximum Gasteiger partial charge on any atom is 0.131 e. The zero-order chi connectivity index (χ0) is 13.2. The largest absolute Gasteiger partial charge is 0.398 e. The highest BCUT2D eigenvalue weighted by atomic mass is 35.5. The van der Waals surface area contributed by atoms with Crippen LogP contribution in [0, 0.1) is 0 Å². The predicted octanol–water partition coefficient (Wildman–Crippen LogP) is 3.97. The van der Waals surface area contributed by atoms with Gasteiger partial charge in [-0.1, -0.05) is 35.9 Å². The van der Waals surface area contributed by atoms with E-state index in [0.29, 0.717) is 10.7 Å². The molecule has 0 saturated carbocycles. The fourth-order valence-corrected chi connectivity index (χ4v) is 2.11. The van der Waals surface area contributed by atoms with Crippen molar-refractivity contribution in [2.75, 3.05) is 5.73 Å². The number of para-hydroxylation sites is 2. The first-order valence-corrected chi connectivity index (χ1v) is 6.28. The molecule has 0 aliphatic rings. The molecule has 1 heterocycles. The highest BCUT2D eigenvalue weighted by molar-refractivity contribution is 6.34. The van der Waals surface area contributed by atoms with Gasteiger partial charge in [0.2, 0.25) is 0 Å². The Kier molecular flexibility index (Phi) is 2.97. The van der Waals surface area contributed by atoms with Crippen molar-refractivity contribution in [2.24, 2.45) is 0 Å². The maximum absolute atomic E-state index is 6.13. The zero-order valence-electron chi connectivity index (χ0n) is 10.1. The number of nitrogens with zero attached hydrogens (tertiary/aromatic N) is 1. The highest BCUT2D eigenvalue weighted by Crippen LogP contribution is 2.24. The van der Waals surface area contributed by atoms with Crippen molar-refractivity contribution in [2.45, 2.75) is 0 Å². The number of hydrogen-bond donors (Lipinski definition) is 2. The van der Waals surface area contributed by atoms with Gasteiger partial charge in [-0.05, 0) is 35.9 Å². The van der Waals surface area contributed by atoms with Gasteiger partial charge in [0.1, 0.15) is 5.82 Å². The number of imidazole rings is 1. The van der Waals surface area contributed by atoms with E-state index in [-0.39, 0.29) is 0 Å². The van der Waals surface area contributed by atoms with Crippen LogP contribution in [0.3, 0.4) is 0 Å². The standard InChI is InChI=1S/C15H12ClN3/c16-15-10(4-3-5-11(15)17)8-9-14-18-12-6-1-2-7-13(12)19-14/h1-9H,17H2,(H,18,19). The Morgan fingerprint density at radius 3 is 2.74 bits per heavy atom. The molecule has 4 heteroatoms. The van der Waals surface area contributed by atoms with Gasteiger partial charge < -0.3 is 10.7 Å². The lowest BCUT2D eigenvalue weighted by molar-refractivity contribution is 1.29. The van der Waals surface area contributed by atoms with E-state index in [9.17, 15) is 0 Å². The lowest BCUT2D eigenvalue weighted by Crippen LogP contribution is -1.87. The van der Waals surface area contributed by atoms with E-state index in [1.165, 1.54) is 0 Å². The van der Waals surface area contributed by atoms with Gasteiger partial charge in [0, 0.05) is 0 Å². The Balaban J connectivity index is 1.96. The number of fused-ring (bicyclic) bond motifs is 1. The average Bonchev–Trinajstić information content (AvgIpc) is 2.83. The monoisotopic (exact) mass is 269 g/mol. The van der Waals surface area contributed by atoms with Crippen LogP contribution >= 0.6 is 11.6 Å². The molecule has 0 unspecified atom stereocenters. The van der Waals surface area contributed by atoms with Gasteiger partial charge >= 0.3 is 0 Å². The summed E-state index contributed by atoms with van der Waals surface area (Å²) in [6.07, 6.45) is 3.79. The molecule has 0 saturated heterocycles. The van der Waals surface area contributed by atoms with Crippen molar-refractivity contribution in [3.63, 3.8) is 0 Å². The number of nitrogens with two attached hydrogens (primary N) is 1. The first-order chi connectivity index (χ1) is 9.24. The quantitative estimate of drug-likeness (QED) is 0.692. The maximum atomic E-state index is 6.13. The molecule has 19 heavy (non-hydrogen) atoms. The van der Waals surface area contributed by atoms with Crippen molar-refractivity contribution in [3.8, 4) is 0 Å². The summed E-state index contributed by atoms with van der Waals surface area (Å²) in [5.74, 6) is 0.791. The molecule has 0 spiro atoms. The topological polar surface area (TPSA) is 54.7 Å². The van der Waals surface area contributed by atoms with Crippen molar-refractivity contribution in [1.29, 1.82) is 0 Å². The fraction of sp³-hybridized carbons (Fsp3) is 0. The fourth-order valence-electron chi connectivity index (χ4n) is 1.92. The van der Waals surface area contributed by atoms with Crippen molar-refractivity contribution in [3.05, 3.63) is 58.9 Å². The minimum atomic E-state index is 0.565. The van der Waals surface area contributed by atoms with Crippen LogP contribution < -0.4 is 5.73 Å². The summed E-state index contributed by atoms with van der Waals surface area (Å²) in [6, 6.07) is 13.5. The Morgan fingerprint density at radius 1 is 1.05 bits per heavy atom. The number of anilines is 1. The second-order valence-corrected chi connectivity index (χ2v) is 4.60. The molecule has 0 fully saturated rings. The number of halogens is 1.